The molecular formula is C11H24. The molecule has 0 nitrogen and oxygen atoms in total. The van der Waals surface area contributed by atoms with Gasteiger partial charge < -0.3 is 0 Å². The summed E-state index contributed by atoms with van der Waals surface area (Å²) in [6, 6.07) is 0. The van der Waals surface area contributed by atoms with Crippen LogP contribution in [0, 0.1) is 0 Å². The molecule has 0 aliphatic heterocycles. The van der Waals surface area contributed by atoms with Crippen LogP contribution in [0.2, 0.25) is 0 Å². The lowest BCUT2D eigenvalue weighted by atomic mass is 10.1. The van der Waals surface area contributed by atoms with Crippen molar-refractivity contribution >= 4 is 0 Å². The highest BCUT2D eigenvalue weighted by Crippen LogP contribution is 2.08. The summed E-state index contributed by atoms with van der Waals surface area (Å²) in [5, 5.41) is 0. The maximum atomic E-state index is 7.32. The zero-order chi connectivity index (χ0) is 9.23. The molecule has 11 heavy (non-hydrogen) atoms. The Morgan fingerprint density at radius 3 is 1.64 bits per heavy atom. The van der Waals surface area contributed by atoms with Gasteiger partial charge in [-0.3, -0.25) is 0 Å². The van der Waals surface area contributed by atoms with Gasteiger partial charge in [-0.15, -0.1) is 0 Å². The Hall–Kier alpha value is 0. The van der Waals surface area contributed by atoms with Crippen LogP contribution in [0.25, 0.3) is 0 Å². The molecule has 0 aromatic heterocycles. The fourth-order valence-corrected chi connectivity index (χ4v) is 1.31. The van der Waals surface area contributed by atoms with E-state index in [0.717, 1.165) is 6.42 Å². The van der Waals surface area contributed by atoms with Gasteiger partial charge in [0.25, 0.3) is 0 Å². The lowest BCUT2D eigenvalue weighted by molar-refractivity contribution is 0.572. The van der Waals surface area contributed by atoms with Crippen LogP contribution in [0.15, 0.2) is 0 Å². The minimum absolute atomic E-state index is 0.153. The molecular weight excluding hydrogens is 132 g/mol. The smallest absolute Gasteiger partial charge is 0.0264 e. The van der Waals surface area contributed by atoms with E-state index < -0.39 is 0 Å². The van der Waals surface area contributed by atoms with E-state index in [4.69, 9.17) is 1.37 Å². The Kier molecular flexibility index (Phi) is 8.26. The molecule has 0 aromatic carbocycles. The van der Waals surface area contributed by atoms with E-state index >= 15 is 0 Å². The molecule has 0 saturated heterocycles. The molecule has 0 aliphatic rings. The average molecular weight is 157 g/mol. The first-order chi connectivity index (χ1) is 5.77. The Balaban J connectivity index is 2.82. The third kappa shape index (κ3) is 10.0. The highest BCUT2D eigenvalue weighted by molar-refractivity contribution is 4.44. The highest BCUT2D eigenvalue weighted by Gasteiger charge is 1.88. The SMILES string of the molecule is [2H]C(C)CCCCCCCCC. The maximum absolute atomic E-state index is 7.32. The lowest BCUT2D eigenvalue weighted by Gasteiger charge is -1.98. The first-order valence-electron chi connectivity index (χ1n) is 5.77. The fraction of sp³-hybridized carbons (Fsp3) is 1.00. The van der Waals surface area contributed by atoms with Gasteiger partial charge in [0.15, 0.2) is 0 Å². The van der Waals surface area contributed by atoms with Crippen molar-refractivity contribution < 1.29 is 1.37 Å². The number of unbranched alkanes of at least 4 members (excludes halogenated alkanes) is 6. The van der Waals surface area contributed by atoms with Gasteiger partial charge in [-0.05, 0) is 0 Å². The van der Waals surface area contributed by atoms with Crippen LogP contribution >= 0.6 is 0 Å². The Labute approximate surface area is 73.8 Å². The molecule has 0 spiro atoms. The second-order valence-electron chi connectivity index (χ2n) is 3.32. The van der Waals surface area contributed by atoms with E-state index in [1.165, 1.54) is 44.9 Å². The first kappa shape index (κ1) is 9.09. The van der Waals surface area contributed by atoms with Gasteiger partial charge in [-0.1, -0.05) is 71.6 Å². The van der Waals surface area contributed by atoms with Crippen molar-refractivity contribution in [2.45, 2.75) is 71.6 Å². The second-order valence-corrected chi connectivity index (χ2v) is 3.32. The number of rotatable bonds is 8. The topological polar surface area (TPSA) is 0 Å². The van der Waals surface area contributed by atoms with Crippen molar-refractivity contribution in [2.75, 3.05) is 0 Å². The zero-order valence-electron chi connectivity index (χ0n) is 9.23. The van der Waals surface area contributed by atoms with Crippen LogP contribution in [-0.2, 0) is 0 Å². The van der Waals surface area contributed by atoms with E-state index in [2.05, 4.69) is 6.92 Å². The predicted octanol–water partition coefficient (Wildman–Crippen LogP) is 4.54. The molecule has 0 saturated carbocycles. The van der Waals surface area contributed by atoms with E-state index in [1.54, 1.807) is 0 Å². The Bertz CT molecular complexity index is 79.1. The minimum atomic E-state index is 0.153. The van der Waals surface area contributed by atoms with Crippen LogP contribution in [0.1, 0.15) is 73.0 Å². The molecule has 0 radical (unpaired) electrons. The van der Waals surface area contributed by atoms with Gasteiger partial charge in [-0.2, -0.15) is 0 Å². The molecule has 0 aromatic rings. The average Bonchev–Trinajstić information content (AvgIpc) is 2.02. The summed E-state index contributed by atoms with van der Waals surface area (Å²) in [5.41, 5.74) is 0. The van der Waals surface area contributed by atoms with Crippen LogP contribution in [0.5, 0.6) is 0 Å². The summed E-state index contributed by atoms with van der Waals surface area (Å²) in [5.74, 6) is 0. The number of hydrogen-bond acceptors (Lipinski definition) is 0. The molecule has 68 valence electrons. The van der Waals surface area contributed by atoms with Gasteiger partial charge >= 0.3 is 0 Å². The summed E-state index contributed by atoms with van der Waals surface area (Å²) < 4.78 is 7.32. The van der Waals surface area contributed by atoms with Crippen LogP contribution in [0.3, 0.4) is 0 Å². The summed E-state index contributed by atoms with van der Waals surface area (Å²) >= 11 is 0. The lowest BCUT2D eigenvalue weighted by Crippen LogP contribution is -1.79. The maximum Gasteiger partial charge on any atom is 0.0264 e. The van der Waals surface area contributed by atoms with E-state index in [-0.39, 0.29) is 6.40 Å². The molecule has 0 amide bonds. The van der Waals surface area contributed by atoms with E-state index in [1.807, 2.05) is 6.92 Å². The molecule has 0 heteroatoms. The monoisotopic (exact) mass is 157 g/mol. The van der Waals surface area contributed by atoms with Crippen molar-refractivity contribution in [1.82, 2.24) is 0 Å². The standard InChI is InChI=1S/C11H24/c1-3-5-7-9-11-10-8-6-4-2/h3-11H2,1-2H3/i3D. The summed E-state index contributed by atoms with van der Waals surface area (Å²) in [4.78, 5) is 0. The summed E-state index contributed by atoms with van der Waals surface area (Å²) in [7, 11) is 0. The molecule has 0 N–H and O–H groups in total. The van der Waals surface area contributed by atoms with Crippen LogP contribution in [0.4, 0.5) is 0 Å². The van der Waals surface area contributed by atoms with Crippen molar-refractivity contribution in [3.63, 3.8) is 0 Å². The largest absolute Gasteiger partial charge is 0.0654 e. The van der Waals surface area contributed by atoms with Crippen molar-refractivity contribution in [2.24, 2.45) is 0 Å². The van der Waals surface area contributed by atoms with Gasteiger partial charge in [0.2, 0.25) is 0 Å². The van der Waals surface area contributed by atoms with Crippen molar-refractivity contribution in [1.29, 1.82) is 0 Å². The predicted molar refractivity (Wildman–Crippen MR) is 52.9 cm³/mol. The first-order valence-corrected chi connectivity index (χ1v) is 5.19. The molecule has 0 aliphatic carbocycles. The molecule has 1 unspecified atom stereocenters. The third-order valence-electron chi connectivity index (χ3n) is 2.10. The molecule has 1 atom stereocenters. The number of hydrogen-bond donors (Lipinski definition) is 0. The van der Waals surface area contributed by atoms with Crippen LogP contribution in [-0.4, -0.2) is 0 Å². The fourth-order valence-electron chi connectivity index (χ4n) is 1.31. The normalized spacial score (nSPS) is 14.5. The quantitative estimate of drug-likeness (QED) is 0.454. The molecule has 0 fully saturated rings. The van der Waals surface area contributed by atoms with Crippen molar-refractivity contribution in [3.05, 3.63) is 0 Å². The molecule has 0 bridgehead atoms. The van der Waals surface area contributed by atoms with Gasteiger partial charge in [0.05, 0.1) is 0 Å². The van der Waals surface area contributed by atoms with Crippen LogP contribution < -0.4 is 0 Å². The Morgan fingerprint density at radius 1 is 0.727 bits per heavy atom. The summed E-state index contributed by atoms with van der Waals surface area (Å²) in [6.45, 7) is 4.23. The third-order valence-corrected chi connectivity index (χ3v) is 2.10. The summed E-state index contributed by atoms with van der Waals surface area (Å²) in [6.07, 6.45) is 10.8. The van der Waals surface area contributed by atoms with Gasteiger partial charge in [0.1, 0.15) is 0 Å². The van der Waals surface area contributed by atoms with Gasteiger partial charge in [0, 0.05) is 1.37 Å². The Morgan fingerprint density at radius 2 is 1.18 bits per heavy atom. The molecule has 0 heterocycles. The van der Waals surface area contributed by atoms with Crippen molar-refractivity contribution in [3.8, 4) is 0 Å². The van der Waals surface area contributed by atoms with E-state index in [9.17, 15) is 0 Å². The van der Waals surface area contributed by atoms with E-state index in [0.29, 0.717) is 0 Å². The molecule has 0 rings (SSSR count). The second kappa shape index (κ2) is 10.0. The highest BCUT2D eigenvalue weighted by atomic mass is 13.9. The minimum Gasteiger partial charge on any atom is -0.0654 e. The zero-order valence-corrected chi connectivity index (χ0v) is 8.23. The van der Waals surface area contributed by atoms with Gasteiger partial charge in [-0.25, -0.2) is 0 Å².